The van der Waals surface area contributed by atoms with Crippen molar-refractivity contribution in [3.05, 3.63) is 43.4 Å². The Morgan fingerprint density at radius 2 is 2.15 bits per heavy atom. The molecule has 0 saturated carbocycles. The van der Waals surface area contributed by atoms with Gasteiger partial charge in [-0.25, -0.2) is 4.39 Å². The lowest BCUT2D eigenvalue weighted by Gasteiger charge is -2.07. The molecule has 3 aromatic rings. The van der Waals surface area contributed by atoms with Gasteiger partial charge in [-0.2, -0.15) is 5.10 Å². The fourth-order valence-corrected chi connectivity index (χ4v) is 3.59. The van der Waals surface area contributed by atoms with Crippen molar-refractivity contribution in [3.8, 4) is 22.4 Å². The molecule has 3 nitrogen and oxygen atoms in total. The van der Waals surface area contributed by atoms with Crippen LogP contribution in [0.4, 0.5) is 10.2 Å². The van der Waals surface area contributed by atoms with Crippen LogP contribution in [-0.4, -0.2) is 10.2 Å². The van der Waals surface area contributed by atoms with E-state index in [4.69, 9.17) is 17.3 Å². The molecule has 0 radical (unpaired) electrons. The Kier molecular flexibility index (Phi) is 3.70. The van der Waals surface area contributed by atoms with Gasteiger partial charge in [0.2, 0.25) is 0 Å². The third-order valence-corrected chi connectivity index (χ3v) is 4.97. The van der Waals surface area contributed by atoms with E-state index in [1.807, 2.05) is 11.4 Å². The number of aromatic amines is 1. The molecular weight excluding hydrogens is 412 g/mol. The Morgan fingerprint density at radius 1 is 1.35 bits per heavy atom. The number of nitrogens with one attached hydrogen (secondary N) is 1. The standard InChI is InChI=1S/C13H8ClFIN3S/c14-7-2-1-3-8(15)10(7)11-12(18-19-13(11)17)6-4-9(16)20-5-6/h1-5H,(H3,17,18,19). The number of nitrogens with two attached hydrogens (primary N) is 1. The lowest BCUT2D eigenvalue weighted by atomic mass is 10.0. The van der Waals surface area contributed by atoms with Crippen LogP contribution in [0.2, 0.25) is 5.02 Å². The molecule has 20 heavy (non-hydrogen) atoms. The number of nitrogen functional groups attached to an aromatic ring is 1. The fourth-order valence-electron chi connectivity index (χ4n) is 2.00. The first-order valence-corrected chi connectivity index (χ1v) is 7.94. The monoisotopic (exact) mass is 419 g/mol. The molecule has 7 heteroatoms. The van der Waals surface area contributed by atoms with Crippen molar-refractivity contribution in [1.82, 2.24) is 10.2 Å². The second kappa shape index (κ2) is 5.34. The van der Waals surface area contributed by atoms with Gasteiger partial charge in [-0.1, -0.05) is 17.7 Å². The van der Waals surface area contributed by atoms with Gasteiger partial charge in [-0.15, -0.1) is 11.3 Å². The summed E-state index contributed by atoms with van der Waals surface area (Å²) in [5.74, 6) is -0.190. The molecule has 0 spiro atoms. The summed E-state index contributed by atoms with van der Waals surface area (Å²) in [6, 6.07) is 6.53. The number of hydrogen-bond acceptors (Lipinski definition) is 3. The first-order chi connectivity index (χ1) is 9.58. The molecule has 102 valence electrons. The van der Waals surface area contributed by atoms with Crippen LogP contribution in [0.3, 0.4) is 0 Å². The summed E-state index contributed by atoms with van der Waals surface area (Å²) in [6.45, 7) is 0. The molecule has 1 aromatic carbocycles. The van der Waals surface area contributed by atoms with Gasteiger partial charge in [0.15, 0.2) is 5.82 Å². The maximum Gasteiger partial charge on any atom is 0.153 e. The smallest absolute Gasteiger partial charge is 0.153 e. The molecule has 3 rings (SSSR count). The normalized spacial score (nSPS) is 10.9. The third-order valence-electron chi connectivity index (χ3n) is 2.86. The molecule has 0 atom stereocenters. The molecule has 0 aliphatic carbocycles. The van der Waals surface area contributed by atoms with Crippen molar-refractivity contribution in [1.29, 1.82) is 0 Å². The molecule has 0 aliphatic rings. The van der Waals surface area contributed by atoms with E-state index in [-0.39, 0.29) is 11.4 Å². The molecule has 0 bridgehead atoms. The van der Waals surface area contributed by atoms with Crippen molar-refractivity contribution < 1.29 is 4.39 Å². The number of hydrogen-bond donors (Lipinski definition) is 2. The molecule has 3 N–H and O–H groups in total. The number of nitrogens with zero attached hydrogens (tertiary/aromatic N) is 1. The van der Waals surface area contributed by atoms with Crippen molar-refractivity contribution >= 4 is 51.3 Å². The Morgan fingerprint density at radius 3 is 2.80 bits per heavy atom. The molecule has 2 heterocycles. The largest absolute Gasteiger partial charge is 0.382 e. The summed E-state index contributed by atoms with van der Waals surface area (Å²) in [5.41, 5.74) is 8.26. The number of anilines is 1. The topological polar surface area (TPSA) is 54.7 Å². The second-order valence-electron chi connectivity index (χ2n) is 4.09. The van der Waals surface area contributed by atoms with E-state index >= 15 is 0 Å². The molecular formula is C13H8ClFIN3S. The zero-order chi connectivity index (χ0) is 14.3. The van der Waals surface area contributed by atoms with Gasteiger partial charge in [0.1, 0.15) is 5.82 Å². The second-order valence-corrected chi connectivity index (χ2v) is 7.31. The summed E-state index contributed by atoms with van der Waals surface area (Å²) in [6.07, 6.45) is 0. The van der Waals surface area contributed by atoms with E-state index in [2.05, 4.69) is 32.8 Å². The molecule has 0 saturated heterocycles. The molecule has 0 fully saturated rings. The Balaban J connectivity index is 2.27. The Labute approximate surface area is 137 Å². The van der Waals surface area contributed by atoms with E-state index in [0.717, 1.165) is 8.45 Å². The lowest BCUT2D eigenvalue weighted by Crippen LogP contribution is -1.92. The van der Waals surface area contributed by atoms with E-state index in [1.165, 1.54) is 6.07 Å². The highest BCUT2D eigenvalue weighted by Crippen LogP contribution is 2.40. The number of H-pyrrole nitrogens is 1. The number of rotatable bonds is 2. The number of halogens is 3. The predicted octanol–water partition coefficient (Wildman–Crippen LogP) is 4.78. The lowest BCUT2D eigenvalue weighted by molar-refractivity contribution is 0.631. The van der Waals surface area contributed by atoms with Gasteiger partial charge >= 0.3 is 0 Å². The van der Waals surface area contributed by atoms with E-state index in [9.17, 15) is 4.39 Å². The summed E-state index contributed by atoms with van der Waals surface area (Å²) < 4.78 is 15.2. The van der Waals surface area contributed by atoms with E-state index < -0.39 is 5.82 Å². The average molecular weight is 420 g/mol. The van der Waals surface area contributed by atoms with Crippen LogP contribution in [-0.2, 0) is 0 Å². The number of aromatic nitrogens is 2. The average Bonchev–Trinajstić information content (AvgIpc) is 2.97. The number of thiophene rings is 1. The van der Waals surface area contributed by atoms with Crippen LogP contribution in [0.25, 0.3) is 22.4 Å². The van der Waals surface area contributed by atoms with Crippen LogP contribution in [0.15, 0.2) is 29.6 Å². The van der Waals surface area contributed by atoms with Gasteiger partial charge in [0.05, 0.1) is 19.2 Å². The summed E-state index contributed by atoms with van der Waals surface area (Å²) >= 11 is 9.94. The fraction of sp³-hybridized carbons (Fsp3) is 0. The minimum Gasteiger partial charge on any atom is -0.382 e. The van der Waals surface area contributed by atoms with Crippen LogP contribution in [0, 0.1) is 8.70 Å². The van der Waals surface area contributed by atoms with E-state index in [0.29, 0.717) is 16.3 Å². The van der Waals surface area contributed by atoms with E-state index in [1.54, 1.807) is 23.5 Å². The summed E-state index contributed by atoms with van der Waals surface area (Å²) in [4.78, 5) is 0. The SMILES string of the molecule is Nc1n[nH]c(-c2csc(I)c2)c1-c1c(F)cccc1Cl. The zero-order valence-corrected chi connectivity index (χ0v) is 13.7. The Bertz CT molecular complexity index is 764. The highest BCUT2D eigenvalue weighted by Gasteiger charge is 2.21. The van der Waals surface area contributed by atoms with Gasteiger partial charge < -0.3 is 5.73 Å². The number of benzene rings is 1. The molecule has 2 aromatic heterocycles. The summed E-state index contributed by atoms with van der Waals surface area (Å²) in [5, 5.41) is 9.12. The maximum absolute atomic E-state index is 14.1. The zero-order valence-electron chi connectivity index (χ0n) is 9.95. The molecule has 0 amide bonds. The van der Waals surface area contributed by atoms with Crippen LogP contribution in [0.5, 0.6) is 0 Å². The first kappa shape index (κ1) is 13.8. The third kappa shape index (κ3) is 2.32. The highest BCUT2D eigenvalue weighted by molar-refractivity contribution is 14.1. The summed E-state index contributed by atoms with van der Waals surface area (Å²) in [7, 11) is 0. The minimum absolute atomic E-state index is 0.230. The van der Waals surface area contributed by atoms with Crippen molar-refractivity contribution in [3.63, 3.8) is 0 Å². The predicted molar refractivity (Wildman–Crippen MR) is 89.4 cm³/mol. The van der Waals surface area contributed by atoms with Crippen molar-refractivity contribution in [2.45, 2.75) is 0 Å². The van der Waals surface area contributed by atoms with Gasteiger partial charge in [0, 0.05) is 16.5 Å². The highest BCUT2D eigenvalue weighted by atomic mass is 127. The van der Waals surface area contributed by atoms with Gasteiger partial charge in [0.25, 0.3) is 0 Å². The first-order valence-electron chi connectivity index (χ1n) is 5.60. The van der Waals surface area contributed by atoms with Crippen molar-refractivity contribution in [2.75, 3.05) is 5.73 Å². The maximum atomic E-state index is 14.1. The van der Waals surface area contributed by atoms with Gasteiger partial charge in [-0.3, -0.25) is 5.10 Å². The quantitative estimate of drug-likeness (QED) is 0.587. The molecule has 0 unspecified atom stereocenters. The van der Waals surface area contributed by atoms with Crippen LogP contribution < -0.4 is 5.73 Å². The minimum atomic E-state index is -0.420. The van der Waals surface area contributed by atoms with Crippen molar-refractivity contribution in [2.24, 2.45) is 0 Å². The Hall–Kier alpha value is -1.12. The van der Waals surface area contributed by atoms with Crippen LogP contribution in [0.1, 0.15) is 0 Å². The molecule has 0 aliphatic heterocycles. The van der Waals surface area contributed by atoms with Crippen LogP contribution >= 0.6 is 45.5 Å². The van der Waals surface area contributed by atoms with Gasteiger partial charge in [-0.05, 0) is 40.8 Å².